The summed E-state index contributed by atoms with van der Waals surface area (Å²) in [4.78, 5) is 31.3. The number of aryl methyl sites for hydroxylation is 1. The number of para-hydroxylation sites is 1. The lowest BCUT2D eigenvalue weighted by atomic mass is 10.2. The van der Waals surface area contributed by atoms with Crippen LogP contribution in [0.25, 0.3) is 11.2 Å². The Balaban J connectivity index is 1.65. The zero-order valence-electron chi connectivity index (χ0n) is 18.3. The van der Waals surface area contributed by atoms with Crippen molar-refractivity contribution in [2.24, 2.45) is 12.1 Å². The van der Waals surface area contributed by atoms with Gasteiger partial charge in [-0.25, -0.2) is 10.2 Å². The maximum atomic E-state index is 12.6. The van der Waals surface area contributed by atoms with Gasteiger partial charge in [-0.05, 0) is 45.8 Å². The van der Waals surface area contributed by atoms with Crippen LogP contribution in [0, 0.1) is 0 Å². The molecule has 0 amide bonds. The molecule has 4 rings (SSSR count). The first-order chi connectivity index (χ1) is 16.4. The van der Waals surface area contributed by atoms with E-state index in [0.717, 1.165) is 0 Å². The number of imidazole rings is 1. The molecule has 0 saturated heterocycles. The van der Waals surface area contributed by atoms with Crippen molar-refractivity contribution in [3.05, 3.63) is 73.3 Å². The Kier molecular flexibility index (Phi) is 6.68. The van der Waals surface area contributed by atoms with Crippen LogP contribution in [-0.2, 0) is 13.6 Å². The molecule has 34 heavy (non-hydrogen) atoms. The third-order valence-electron chi connectivity index (χ3n) is 4.98. The van der Waals surface area contributed by atoms with Gasteiger partial charge >= 0.3 is 5.69 Å². The van der Waals surface area contributed by atoms with Crippen molar-refractivity contribution in [2.75, 3.05) is 19.1 Å². The molecule has 0 radical (unpaired) electrons. The van der Waals surface area contributed by atoms with Gasteiger partial charge in [-0.3, -0.25) is 18.9 Å². The van der Waals surface area contributed by atoms with Crippen LogP contribution in [0.3, 0.4) is 0 Å². The predicted molar refractivity (Wildman–Crippen MR) is 131 cm³/mol. The van der Waals surface area contributed by atoms with Crippen molar-refractivity contribution in [1.29, 1.82) is 0 Å². The van der Waals surface area contributed by atoms with E-state index >= 15 is 0 Å². The Hall–Kier alpha value is -4.06. The number of nitrogens with zero attached hydrogens (tertiary/aromatic N) is 4. The molecule has 0 unspecified atom stereocenters. The minimum Gasteiger partial charge on any atom is -0.503 e. The number of H-pyrrole nitrogens is 1. The predicted octanol–water partition coefficient (Wildman–Crippen LogP) is 2.43. The molecule has 12 heteroatoms. The van der Waals surface area contributed by atoms with E-state index in [1.54, 1.807) is 16.7 Å². The SMILES string of the molecule is COc1cc(/C=N/Nc2nc3c(c(=O)[nH]c(=O)n3C)n2CCOc2ccccc2)cc(Br)c1O. The number of aromatic hydroxyl groups is 1. The molecule has 4 aromatic rings. The van der Waals surface area contributed by atoms with Crippen LogP contribution >= 0.6 is 15.9 Å². The number of benzene rings is 2. The number of phenolic OH excluding ortho intramolecular Hbond substituents is 1. The van der Waals surface area contributed by atoms with Crippen LogP contribution < -0.4 is 26.1 Å². The second kappa shape index (κ2) is 9.83. The Morgan fingerprint density at radius 2 is 2.03 bits per heavy atom. The largest absolute Gasteiger partial charge is 0.503 e. The van der Waals surface area contributed by atoms with Crippen molar-refractivity contribution in [2.45, 2.75) is 6.54 Å². The molecule has 0 fully saturated rings. The number of hydrogen-bond acceptors (Lipinski definition) is 8. The maximum absolute atomic E-state index is 12.6. The topological polar surface area (TPSA) is 136 Å². The summed E-state index contributed by atoms with van der Waals surface area (Å²) in [6.45, 7) is 0.515. The zero-order valence-corrected chi connectivity index (χ0v) is 19.9. The highest BCUT2D eigenvalue weighted by Gasteiger charge is 2.17. The van der Waals surface area contributed by atoms with Crippen LogP contribution in [0.1, 0.15) is 5.56 Å². The smallest absolute Gasteiger partial charge is 0.329 e. The van der Waals surface area contributed by atoms with E-state index in [-0.39, 0.29) is 41.8 Å². The van der Waals surface area contributed by atoms with E-state index in [2.05, 4.69) is 36.4 Å². The number of hydrazone groups is 1. The van der Waals surface area contributed by atoms with Crippen LogP contribution in [-0.4, -0.2) is 44.1 Å². The molecule has 0 aliphatic carbocycles. The number of anilines is 1. The van der Waals surface area contributed by atoms with Crippen LogP contribution in [0.15, 0.2) is 61.6 Å². The highest BCUT2D eigenvalue weighted by atomic mass is 79.9. The number of halogens is 1. The molecule has 0 bridgehead atoms. The number of aromatic nitrogens is 4. The van der Waals surface area contributed by atoms with Gasteiger partial charge in [-0.1, -0.05) is 18.2 Å². The summed E-state index contributed by atoms with van der Waals surface area (Å²) in [6, 6.07) is 12.5. The molecule has 0 aliphatic heterocycles. The minimum absolute atomic E-state index is 0.0204. The van der Waals surface area contributed by atoms with Gasteiger partial charge < -0.3 is 14.6 Å². The quantitative estimate of drug-likeness (QED) is 0.236. The Morgan fingerprint density at radius 1 is 1.26 bits per heavy atom. The Bertz CT molecular complexity index is 1480. The average Bonchev–Trinajstić information content (AvgIpc) is 3.19. The van der Waals surface area contributed by atoms with Crippen molar-refractivity contribution in [3.63, 3.8) is 0 Å². The molecule has 2 aromatic carbocycles. The standard InChI is InChI=1S/C22H21BrN6O5/c1-28-19-17(20(31)26-22(28)32)29(8-9-34-14-6-4-3-5-7-14)21(25-19)27-24-12-13-10-15(23)18(30)16(11-13)33-2/h3-7,10-12,30H,8-9H2,1-2H3,(H,25,27)(H,26,31,32)/b24-12+. The zero-order chi connectivity index (χ0) is 24.2. The first-order valence-corrected chi connectivity index (χ1v) is 10.9. The minimum atomic E-state index is -0.571. The number of methoxy groups -OCH3 is 1. The molecule has 176 valence electrons. The van der Waals surface area contributed by atoms with Gasteiger partial charge in [0, 0.05) is 7.05 Å². The third-order valence-corrected chi connectivity index (χ3v) is 5.59. The fourth-order valence-corrected chi connectivity index (χ4v) is 3.76. The maximum Gasteiger partial charge on any atom is 0.329 e. The van der Waals surface area contributed by atoms with E-state index < -0.39 is 11.2 Å². The molecule has 2 aromatic heterocycles. The highest BCUT2D eigenvalue weighted by Crippen LogP contribution is 2.34. The van der Waals surface area contributed by atoms with E-state index in [9.17, 15) is 14.7 Å². The normalized spacial score (nSPS) is 11.3. The molecular weight excluding hydrogens is 508 g/mol. The van der Waals surface area contributed by atoms with Gasteiger partial charge in [0.1, 0.15) is 12.4 Å². The highest BCUT2D eigenvalue weighted by molar-refractivity contribution is 9.10. The lowest BCUT2D eigenvalue weighted by Crippen LogP contribution is -2.29. The van der Waals surface area contributed by atoms with E-state index in [0.29, 0.717) is 15.8 Å². The van der Waals surface area contributed by atoms with Crippen molar-refractivity contribution < 1.29 is 14.6 Å². The van der Waals surface area contributed by atoms with Gasteiger partial charge in [-0.2, -0.15) is 10.1 Å². The van der Waals surface area contributed by atoms with E-state index in [1.165, 1.54) is 24.9 Å². The number of hydrogen-bond donors (Lipinski definition) is 3. The number of rotatable bonds is 8. The van der Waals surface area contributed by atoms with Crippen LogP contribution in [0.2, 0.25) is 0 Å². The molecule has 0 spiro atoms. The Morgan fingerprint density at radius 3 is 2.76 bits per heavy atom. The van der Waals surface area contributed by atoms with E-state index in [1.807, 2.05) is 30.3 Å². The number of aromatic amines is 1. The fraction of sp³-hybridized carbons (Fsp3) is 0.182. The number of fused-ring (bicyclic) bond motifs is 1. The van der Waals surface area contributed by atoms with Crippen molar-refractivity contribution in [3.8, 4) is 17.2 Å². The van der Waals surface area contributed by atoms with Gasteiger partial charge in [-0.15, -0.1) is 0 Å². The summed E-state index contributed by atoms with van der Waals surface area (Å²) >= 11 is 3.27. The van der Waals surface area contributed by atoms with Gasteiger partial charge in [0.15, 0.2) is 22.7 Å². The fourth-order valence-electron chi connectivity index (χ4n) is 3.30. The lowest BCUT2D eigenvalue weighted by Gasteiger charge is -2.10. The Labute approximate surface area is 201 Å². The summed E-state index contributed by atoms with van der Waals surface area (Å²) in [6.07, 6.45) is 1.50. The molecule has 0 aliphatic rings. The van der Waals surface area contributed by atoms with E-state index in [4.69, 9.17) is 9.47 Å². The summed E-state index contributed by atoms with van der Waals surface area (Å²) in [5.41, 5.74) is 2.75. The summed E-state index contributed by atoms with van der Waals surface area (Å²) in [5, 5.41) is 14.2. The second-order valence-electron chi connectivity index (χ2n) is 7.16. The number of phenols is 1. The number of nitrogens with one attached hydrogen (secondary N) is 2. The molecule has 3 N–H and O–H groups in total. The van der Waals surface area contributed by atoms with Gasteiger partial charge in [0.05, 0.1) is 24.3 Å². The average molecular weight is 529 g/mol. The van der Waals surface area contributed by atoms with Gasteiger partial charge in [0.25, 0.3) is 5.56 Å². The van der Waals surface area contributed by atoms with Crippen LogP contribution in [0.4, 0.5) is 5.95 Å². The van der Waals surface area contributed by atoms with Crippen molar-refractivity contribution >= 4 is 39.3 Å². The second-order valence-corrected chi connectivity index (χ2v) is 8.02. The molecule has 2 heterocycles. The first kappa shape index (κ1) is 23.1. The summed E-state index contributed by atoms with van der Waals surface area (Å²) in [5.74, 6) is 1.20. The van der Waals surface area contributed by atoms with Crippen LogP contribution in [0.5, 0.6) is 17.2 Å². The van der Waals surface area contributed by atoms with Crippen molar-refractivity contribution in [1.82, 2.24) is 19.1 Å². The molecule has 0 atom stereocenters. The summed E-state index contributed by atoms with van der Waals surface area (Å²) in [7, 11) is 2.97. The molecular formula is C22H21BrN6O5. The number of ether oxygens (including phenoxy) is 2. The molecule has 11 nitrogen and oxygen atoms in total. The molecule has 0 saturated carbocycles. The first-order valence-electron chi connectivity index (χ1n) is 10.1. The monoisotopic (exact) mass is 528 g/mol. The third kappa shape index (κ3) is 4.66. The lowest BCUT2D eigenvalue weighted by molar-refractivity contribution is 0.301. The summed E-state index contributed by atoms with van der Waals surface area (Å²) < 4.78 is 14.2. The van der Waals surface area contributed by atoms with Gasteiger partial charge in [0.2, 0.25) is 5.95 Å².